The molecular weight excluding hydrogens is 251 g/mol. The second-order valence-corrected chi connectivity index (χ2v) is 3.46. The first-order chi connectivity index (χ1) is 8.09. The van der Waals surface area contributed by atoms with Gasteiger partial charge in [-0.15, -0.1) is 0 Å². The number of carbonyl (C=O) groups excluding carboxylic acids is 1. The van der Waals surface area contributed by atoms with Crippen molar-refractivity contribution in [2.75, 3.05) is 11.1 Å². The van der Waals surface area contributed by atoms with Crippen LogP contribution in [0, 0.1) is 5.82 Å². The number of benzene rings is 1. The van der Waals surface area contributed by atoms with Crippen LogP contribution in [0.4, 0.5) is 15.9 Å². The Hall–Kier alpha value is -2.15. The minimum absolute atomic E-state index is 0.0788. The third-order valence-corrected chi connectivity index (χ3v) is 2.22. The fraction of sp³-hybridized carbons (Fsp3) is 0. The fourth-order valence-electron chi connectivity index (χ4n) is 1.13. The van der Waals surface area contributed by atoms with Gasteiger partial charge < -0.3 is 11.1 Å². The zero-order chi connectivity index (χ0) is 12.4. The van der Waals surface area contributed by atoms with Crippen molar-refractivity contribution in [2.45, 2.75) is 0 Å². The predicted molar refractivity (Wildman–Crippen MR) is 58.1 cm³/mol. The van der Waals surface area contributed by atoms with Gasteiger partial charge in [-0.2, -0.15) is 0 Å². The summed E-state index contributed by atoms with van der Waals surface area (Å²) in [4.78, 5) is 11.6. The lowest BCUT2D eigenvalue weighted by molar-refractivity contribution is 0.101. The molecule has 3 N–H and O–H groups in total. The van der Waals surface area contributed by atoms with Gasteiger partial charge in [0.2, 0.25) is 11.5 Å². The molecule has 1 aromatic heterocycles. The number of nitrogens with zero attached hydrogens (tertiary/aromatic N) is 2. The number of carbonyl (C=O) groups is 1. The Morgan fingerprint density at radius 2 is 2.24 bits per heavy atom. The van der Waals surface area contributed by atoms with E-state index >= 15 is 0 Å². The maximum Gasteiger partial charge on any atom is 0.281 e. The molecular formula is C9H6ClFN4O2. The molecule has 0 atom stereocenters. The SMILES string of the molecule is Nc1nonc1C(=O)Nc1cccc(Cl)c1F. The van der Waals surface area contributed by atoms with Gasteiger partial charge in [-0.05, 0) is 22.4 Å². The summed E-state index contributed by atoms with van der Waals surface area (Å²) in [6, 6.07) is 4.20. The Morgan fingerprint density at radius 3 is 2.88 bits per heavy atom. The van der Waals surface area contributed by atoms with E-state index in [-0.39, 0.29) is 22.2 Å². The van der Waals surface area contributed by atoms with Crippen molar-refractivity contribution in [1.29, 1.82) is 0 Å². The van der Waals surface area contributed by atoms with Gasteiger partial charge >= 0.3 is 0 Å². The highest BCUT2D eigenvalue weighted by atomic mass is 35.5. The molecule has 0 fully saturated rings. The highest BCUT2D eigenvalue weighted by Gasteiger charge is 2.18. The summed E-state index contributed by atoms with van der Waals surface area (Å²) in [6.45, 7) is 0. The molecule has 0 aliphatic carbocycles. The maximum atomic E-state index is 13.5. The molecule has 8 heteroatoms. The normalized spacial score (nSPS) is 10.2. The smallest absolute Gasteiger partial charge is 0.281 e. The van der Waals surface area contributed by atoms with E-state index < -0.39 is 11.7 Å². The first-order valence-corrected chi connectivity index (χ1v) is 4.81. The van der Waals surface area contributed by atoms with Gasteiger partial charge in [0.1, 0.15) is 0 Å². The van der Waals surface area contributed by atoms with Crippen LogP contribution in [-0.4, -0.2) is 16.2 Å². The summed E-state index contributed by atoms with van der Waals surface area (Å²) in [6.07, 6.45) is 0. The van der Waals surface area contributed by atoms with Gasteiger partial charge in [0, 0.05) is 0 Å². The second-order valence-electron chi connectivity index (χ2n) is 3.05. The summed E-state index contributed by atoms with van der Waals surface area (Å²) < 4.78 is 17.7. The molecule has 0 saturated heterocycles. The molecule has 17 heavy (non-hydrogen) atoms. The summed E-state index contributed by atoms with van der Waals surface area (Å²) in [5.41, 5.74) is 5.02. The highest BCUT2D eigenvalue weighted by molar-refractivity contribution is 6.31. The fourth-order valence-corrected chi connectivity index (χ4v) is 1.31. The molecule has 0 unspecified atom stereocenters. The predicted octanol–water partition coefficient (Wildman–Crippen LogP) is 1.70. The Kier molecular flexibility index (Phi) is 2.92. The highest BCUT2D eigenvalue weighted by Crippen LogP contribution is 2.22. The Balaban J connectivity index is 2.25. The van der Waals surface area contributed by atoms with Crippen molar-refractivity contribution in [3.8, 4) is 0 Å². The topological polar surface area (TPSA) is 94.0 Å². The van der Waals surface area contributed by atoms with Crippen molar-refractivity contribution in [1.82, 2.24) is 10.3 Å². The first kappa shape index (κ1) is 11.3. The number of rotatable bonds is 2. The van der Waals surface area contributed by atoms with Crippen molar-refractivity contribution in [3.05, 3.63) is 34.7 Å². The maximum absolute atomic E-state index is 13.5. The number of nitrogen functional groups attached to an aromatic ring is 1. The van der Waals surface area contributed by atoms with Crippen LogP contribution in [0.1, 0.15) is 10.5 Å². The van der Waals surface area contributed by atoms with Crippen LogP contribution < -0.4 is 11.1 Å². The Labute approximate surface area is 99.5 Å². The van der Waals surface area contributed by atoms with E-state index in [0.717, 1.165) is 0 Å². The standard InChI is InChI=1S/C9H6ClFN4O2/c10-4-2-1-3-5(6(4)11)13-9(16)7-8(12)15-17-14-7/h1-3H,(H2,12,15)(H,13,16). The molecule has 0 bridgehead atoms. The minimum atomic E-state index is -0.738. The molecule has 0 spiro atoms. The molecule has 0 aliphatic rings. The van der Waals surface area contributed by atoms with Crippen LogP contribution in [0.15, 0.2) is 22.8 Å². The Morgan fingerprint density at radius 1 is 1.47 bits per heavy atom. The van der Waals surface area contributed by atoms with E-state index in [1.54, 1.807) is 0 Å². The number of halogens is 2. The van der Waals surface area contributed by atoms with Crippen LogP contribution in [0.3, 0.4) is 0 Å². The number of hydrogen-bond acceptors (Lipinski definition) is 5. The van der Waals surface area contributed by atoms with Crippen molar-refractivity contribution < 1.29 is 13.8 Å². The van der Waals surface area contributed by atoms with Gasteiger partial charge in [-0.3, -0.25) is 4.79 Å². The van der Waals surface area contributed by atoms with E-state index in [1.165, 1.54) is 18.2 Å². The van der Waals surface area contributed by atoms with Crippen molar-refractivity contribution in [3.63, 3.8) is 0 Å². The minimum Gasteiger partial charge on any atom is -0.379 e. The molecule has 0 aliphatic heterocycles. The third kappa shape index (κ3) is 2.18. The quantitative estimate of drug-likeness (QED) is 0.853. The van der Waals surface area contributed by atoms with Gasteiger partial charge in [-0.25, -0.2) is 9.02 Å². The van der Waals surface area contributed by atoms with Gasteiger partial charge in [0.15, 0.2) is 5.82 Å². The first-order valence-electron chi connectivity index (χ1n) is 4.43. The van der Waals surface area contributed by atoms with Crippen molar-refractivity contribution in [2.24, 2.45) is 0 Å². The summed E-state index contributed by atoms with van der Waals surface area (Å²) in [5.74, 6) is -1.65. The van der Waals surface area contributed by atoms with E-state index in [4.69, 9.17) is 17.3 Å². The largest absolute Gasteiger partial charge is 0.379 e. The molecule has 1 amide bonds. The van der Waals surface area contributed by atoms with Crippen molar-refractivity contribution >= 4 is 29.0 Å². The van der Waals surface area contributed by atoms with Crippen LogP contribution in [0.2, 0.25) is 5.02 Å². The molecule has 2 aromatic rings. The number of aromatic nitrogens is 2. The third-order valence-electron chi connectivity index (χ3n) is 1.93. The monoisotopic (exact) mass is 256 g/mol. The number of hydrogen-bond donors (Lipinski definition) is 2. The molecule has 1 aromatic carbocycles. The van der Waals surface area contributed by atoms with E-state index in [0.29, 0.717) is 0 Å². The zero-order valence-corrected chi connectivity index (χ0v) is 9.03. The van der Waals surface area contributed by atoms with E-state index in [9.17, 15) is 9.18 Å². The number of nitrogens with two attached hydrogens (primary N) is 1. The van der Waals surface area contributed by atoms with E-state index in [2.05, 4.69) is 20.3 Å². The lowest BCUT2D eigenvalue weighted by atomic mass is 10.3. The van der Waals surface area contributed by atoms with Gasteiger partial charge in [0.25, 0.3) is 5.91 Å². The van der Waals surface area contributed by atoms with Crippen LogP contribution in [0.25, 0.3) is 0 Å². The second kappa shape index (κ2) is 4.38. The molecule has 2 rings (SSSR count). The zero-order valence-electron chi connectivity index (χ0n) is 8.28. The molecule has 6 nitrogen and oxygen atoms in total. The molecule has 0 radical (unpaired) electrons. The lowest BCUT2D eigenvalue weighted by Crippen LogP contribution is -2.15. The molecule has 88 valence electrons. The molecule has 1 heterocycles. The lowest BCUT2D eigenvalue weighted by Gasteiger charge is -2.05. The van der Waals surface area contributed by atoms with Crippen LogP contribution in [0.5, 0.6) is 0 Å². The summed E-state index contributed by atoms with van der Waals surface area (Å²) >= 11 is 5.56. The summed E-state index contributed by atoms with van der Waals surface area (Å²) in [7, 11) is 0. The van der Waals surface area contributed by atoms with Gasteiger partial charge in [0.05, 0.1) is 10.7 Å². The summed E-state index contributed by atoms with van der Waals surface area (Å²) in [5, 5.41) is 8.67. The Bertz CT molecular complexity index is 572. The number of amides is 1. The van der Waals surface area contributed by atoms with Crippen LogP contribution in [-0.2, 0) is 0 Å². The average molecular weight is 257 g/mol. The van der Waals surface area contributed by atoms with Gasteiger partial charge in [-0.1, -0.05) is 17.7 Å². The van der Waals surface area contributed by atoms with E-state index in [1.807, 2.05) is 0 Å². The molecule has 0 saturated carbocycles. The number of nitrogens with one attached hydrogen (secondary N) is 1. The average Bonchev–Trinajstić information content (AvgIpc) is 2.71. The number of anilines is 2. The van der Waals surface area contributed by atoms with Crippen LogP contribution >= 0.6 is 11.6 Å².